The van der Waals surface area contributed by atoms with Crippen molar-refractivity contribution in [2.24, 2.45) is 5.92 Å². The highest BCUT2D eigenvalue weighted by Gasteiger charge is 2.40. The summed E-state index contributed by atoms with van der Waals surface area (Å²) in [6.07, 6.45) is 4.77. The van der Waals surface area contributed by atoms with Crippen LogP contribution in [0.5, 0.6) is 0 Å². The zero-order chi connectivity index (χ0) is 14.5. The maximum absolute atomic E-state index is 12.2. The molecule has 0 bridgehead atoms. The minimum Gasteiger partial charge on any atom is -0.379 e. The Morgan fingerprint density at radius 1 is 1.30 bits per heavy atom. The molecule has 1 saturated heterocycles. The molecule has 1 N–H and O–H groups in total. The zero-order valence-electron chi connectivity index (χ0n) is 12.6. The second-order valence-corrected chi connectivity index (χ2v) is 6.03. The first kappa shape index (κ1) is 15.3. The van der Waals surface area contributed by atoms with Gasteiger partial charge >= 0.3 is 0 Å². The molecule has 0 aromatic carbocycles. The Balaban J connectivity index is 1.69. The molecule has 0 spiro atoms. The molecule has 20 heavy (non-hydrogen) atoms. The molecule has 1 saturated carbocycles. The van der Waals surface area contributed by atoms with Crippen molar-refractivity contribution in [2.45, 2.75) is 58.1 Å². The molecule has 1 atom stereocenters. The molecule has 1 aliphatic carbocycles. The molecule has 0 aromatic rings. The number of nitrogens with one attached hydrogen (secondary N) is 1. The van der Waals surface area contributed by atoms with Gasteiger partial charge in [-0.25, -0.2) is 0 Å². The summed E-state index contributed by atoms with van der Waals surface area (Å²) >= 11 is 0. The lowest BCUT2D eigenvalue weighted by atomic mass is 10.2. The summed E-state index contributed by atoms with van der Waals surface area (Å²) in [7, 11) is 0. The molecule has 2 aliphatic rings. The van der Waals surface area contributed by atoms with Crippen molar-refractivity contribution in [3.63, 3.8) is 0 Å². The van der Waals surface area contributed by atoms with Crippen LogP contribution in [0.25, 0.3) is 0 Å². The van der Waals surface area contributed by atoms with Crippen LogP contribution in [0.4, 0.5) is 0 Å². The van der Waals surface area contributed by atoms with Gasteiger partial charge in [-0.15, -0.1) is 0 Å². The summed E-state index contributed by atoms with van der Waals surface area (Å²) in [4.78, 5) is 26.0. The number of amides is 2. The number of carbonyl (C=O) groups excluding carboxylic acids is 2. The van der Waals surface area contributed by atoms with E-state index in [0.29, 0.717) is 13.2 Å². The van der Waals surface area contributed by atoms with Crippen LogP contribution in [0.2, 0.25) is 0 Å². The second kappa shape index (κ2) is 7.07. The number of hydrogen-bond acceptors (Lipinski definition) is 3. The highest BCUT2D eigenvalue weighted by atomic mass is 16.5. The van der Waals surface area contributed by atoms with Gasteiger partial charge < -0.3 is 15.0 Å². The molecular weight excluding hydrogens is 256 g/mol. The lowest BCUT2D eigenvalue weighted by molar-refractivity contribution is -0.139. The van der Waals surface area contributed by atoms with E-state index in [1.165, 1.54) is 0 Å². The molecular formula is C15H26N2O3. The van der Waals surface area contributed by atoms with Crippen LogP contribution in [0.1, 0.15) is 46.0 Å². The van der Waals surface area contributed by atoms with E-state index in [4.69, 9.17) is 4.74 Å². The quantitative estimate of drug-likeness (QED) is 0.716. The van der Waals surface area contributed by atoms with Gasteiger partial charge in [0.2, 0.25) is 11.8 Å². The maximum atomic E-state index is 12.2. The summed E-state index contributed by atoms with van der Waals surface area (Å²) in [5.74, 6) is 0.384. The Labute approximate surface area is 121 Å². The largest absolute Gasteiger partial charge is 0.379 e. The van der Waals surface area contributed by atoms with E-state index in [-0.39, 0.29) is 29.9 Å². The van der Waals surface area contributed by atoms with E-state index < -0.39 is 0 Å². The van der Waals surface area contributed by atoms with Crippen LogP contribution >= 0.6 is 0 Å². The first-order valence-corrected chi connectivity index (χ1v) is 7.79. The number of hydrogen-bond donors (Lipinski definition) is 1. The normalized spacial score (nSPS) is 22.4. The van der Waals surface area contributed by atoms with Gasteiger partial charge in [-0.05, 0) is 46.0 Å². The predicted octanol–water partition coefficient (Wildman–Crippen LogP) is 1.32. The Morgan fingerprint density at radius 3 is 2.70 bits per heavy atom. The summed E-state index contributed by atoms with van der Waals surface area (Å²) in [5, 5.41) is 2.93. The predicted molar refractivity (Wildman–Crippen MR) is 76.2 cm³/mol. The highest BCUT2D eigenvalue weighted by molar-refractivity contribution is 5.89. The summed E-state index contributed by atoms with van der Waals surface area (Å²) in [6.45, 7) is 6.02. The molecule has 2 rings (SSSR count). The third-order valence-corrected chi connectivity index (χ3v) is 3.84. The van der Waals surface area contributed by atoms with Gasteiger partial charge in [0.05, 0.1) is 6.10 Å². The molecule has 0 aromatic heterocycles. The maximum Gasteiger partial charge on any atom is 0.242 e. The number of likely N-dealkylation sites (tertiary alicyclic amines) is 1. The van der Waals surface area contributed by atoms with Gasteiger partial charge in [-0.3, -0.25) is 9.59 Å². The number of nitrogens with zero attached hydrogens (tertiary/aromatic N) is 1. The Kier molecular flexibility index (Phi) is 5.40. The fourth-order valence-corrected chi connectivity index (χ4v) is 2.59. The Hall–Kier alpha value is -1.10. The van der Waals surface area contributed by atoms with Crippen LogP contribution in [0.15, 0.2) is 0 Å². The molecule has 1 aliphatic heterocycles. The SMILES string of the molecule is CC(C)OCCCNC(=O)C1CCCN1C(=O)C1CC1. The third kappa shape index (κ3) is 4.20. The number of carbonyl (C=O) groups is 2. The molecule has 0 radical (unpaired) electrons. The lowest BCUT2D eigenvalue weighted by Crippen LogP contribution is -2.46. The van der Waals surface area contributed by atoms with Gasteiger partial charge in [-0.2, -0.15) is 0 Å². The molecule has 1 heterocycles. The van der Waals surface area contributed by atoms with Crippen LogP contribution in [0.3, 0.4) is 0 Å². The van der Waals surface area contributed by atoms with Crippen molar-refractivity contribution in [3.8, 4) is 0 Å². The molecule has 1 unspecified atom stereocenters. The first-order chi connectivity index (χ1) is 9.59. The van der Waals surface area contributed by atoms with Crippen molar-refractivity contribution in [1.82, 2.24) is 10.2 Å². The van der Waals surface area contributed by atoms with E-state index in [2.05, 4.69) is 5.32 Å². The zero-order valence-corrected chi connectivity index (χ0v) is 12.6. The average molecular weight is 282 g/mol. The van der Waals surface area contributed by atoms with Crippen molar-refractivity contribution in [3.05, 3.63) is 0 Å². The lowest BCUT2D eigenvalue weighted by Gasteiger charge is -2.24. The minimum absolute atomic E-state index is 0.000969. The van der Waals surface area contributed by atoms with Gasteiger partial charge in [0.15, 0.2) is 0 Å². The first-order valence-electron chi connectivity index (χ1n) is 7.79. The van der Waals surface area contributed by atoms with E-state index in [1.807, 2.05) is 13.8 Å². The molecule has 2 amide bonds. The van der Waals surface area contributed by atoms with Crippen molar-refractivity contribution < 1.29 is 14.3 Å². The van der Waals surface area contributed by atoms with Gasteiger partial charge in [-0.1, -0.05) is 0 Å². The van der Waals surface area contributed by atoms with Crippen LogP contribution in [0, 0.1) is 5.92 Å². The van der Waals surface area contributed by atoms with E-state index >= 15 is 0 Å². The van der Waals surface area contributed by atoms with Crippen LogP contribution in [-0.4, -0.2) is 48.6 Å². The molecule has 2 fully saturated rings. The molecule has 5 heteroatoms. The Bertz CT molecular complexity index is 353. The van der Waals surface area contributed by atoms with Crippen molar-refractivity contribution >= 4 is 11.8 Å². The topological polar surface area (TPSA) is 58.6 Å². The minimum atomic E-state index is -0.242. The van der Waals surface area contributed by atoms with E-state index in [9.17, 15) is 9.59 Å². The molecule has 114 valence electrons. The van der Waals surface area contributed by atoms with Gasteiger partial charge in [0.1, 0.15) is 6.04 Å². The van der Waals surface area contributed by atoms with Crippen molar-refractivity contribution in [2.75, 3.05) is 19.7 Å². The van der Waals surface area contributed by atoms with E-state index in [0.717, 1.165) is 38.6 Å². The van der Waals surface area contributed by atoms with Gasteiger partial charge in [0, 0.05) is 25.6 Å². The number of rotatable bonds is 7. The van der Waals surface area contributed by atoms with Crippen LogP contribution < -0.4 is 5.32 Å². The second-order valence-electron chi connectivity index (χ2n) is 6.03. The average Bonchev–Trinajstić information content (AvgIpc) is 3.14. The highest BCUT2D eigenvalue weighted by Crippen LogP contribution is 2.33. The summed E-state index contributed by atoms with van der Waals surface area (Å²) < 4.78 is 5.43. The fourth-order valence-electron chi connectivity index (χ4n) is 2.59. The van der Waals surface area contributed by atoms with E-state index in [1.54, 1.807) is 4.90 Å². The van der Waals surface area contributed by atoms with Crippen molar-refractivity contribution in [1.29, 1.82) is 0 Å². The molecule has 5 nitrogen and oxygen atoms in total. The fraction of sp³-hybridized carbons (Fsp3) is 0.867. The summed E-state index contributed by atoms with van der Waals surface area (Å²) in [6, 6.07) is -0.242. The standard InChI is InChI=1S/C15H26N2O3/c1-11(2)20-10-4-8-16-14(18)13-5-3-9-17(13)15(19)12-6-7-12/h11-13H,3-10H2,1-2H3,(H,16,18). The smallest absolute Gasteiger partial charge is 0.242 e. The van der Waals surface area contributed by atoms with Crippen LogP contribution in [-0.2, 0) is 14.3 Å². The Morgan fingerprint density at radius 2 is 2.05 bits per heavy atom. The number of ether oxygens (including phenoxy) is 1. The summed E-state index contributed by atoms with van der Waals surface area (Å²) in [5.41, 5.74) is 0. The third-order valence-electron chi connectivity index (χ3n) is 3.84. The monoisotopic (exact) mass is 282 g/mol. The van der Waals surface area contributed by atoms with Gasteiger partial charge in [0.25, 0.3) is 0 Å².